The largest absolute Gasteiger partial charge is 0.497 e. The molecular weight excluding hydrogens is 510 g/mol. The quantitative estimate of drug-likeness (QED) is 0.157. The maximum Gasteiger partial charge on any atom is 0.264 e. The third-order valence-electron chi connectivity index (χ3n) is 6.45. The number of methoxy groups -OCH3 is 1. The fourth-order valence-corrected chi connectivity index (χ4v) is 5.84. The fraction of sp³-hybridized carbons (Fsp3) is 0.0968. The van der Waals surface area contributed by atoms with Crippen LogP contribution in [0.5, 0.6) is 5.75 Å². The Balaban J connectivity index is 1.44. The molecule has 0 atom stereocenters. The summed E-state index contributed by atoms with van der Waals surface area (Å²) in [7, 11) is -2.51. The summed E-state index contributed by atoms with van der Waals surface area (Å²) in [6.07, 6.45) is 1.61. The zero-order chi connectivity index (χ0) is 27.4. The highest BCUT2D eigenvalue weighted by Crippen LogP contribution is 2.28. The smallest absolute Gasteiger partial charge is 0.264 e. The molecular formula is C31H27N3O4S. The van der Waals surface area contributed by atoms with Crippen molar-refractivity contribution in [1.29, 1.82) is 0 Å². The van der Waals surface area contributed by atoms with Gasteiger partial charge in [-0.05, 0) is 70.9 Å². The van der Waals surface area contributed by atoms with Gasteiger partial charge >= 0.3 is 0 Å². The van der Waals surface area contributed by atoms with Gasteiger partial charge < -0.3 is 4.74 Å². The Hall–Kier alpha value is -4.69. The third-order valence-corrected chi connectivity index (χ3v) is 8.24. The standard InChI is InChI=1S/C31H27N3O4S/c1-22-11-17-27(18-12-22)39(36,37)34(25-13-15-26(38-2)16-14-25)21-31(35)33-32-20-30-28-9-5-3-7-23(28)19-24-8-4-6-10-29(24)30/h3-20H,21H2,1-2H3,(H,33,35)/b32-20-. The number of aryl methyl sites for hydroxylation is 1. The van der Waals surface area contributed by atoms with Crippen molar-refractivity contribution in [2.75, 3.05) is 18.0 Å². The molecule has 0 saturated carbocycles. The van der Waals surface area contributed by atoms with Gasteiger partial charge in [0.2, 0.25) is 0 Å². The molecule has 0 aromatic heterocycles. The maximum atomic E-state index is 13.6. The molecule has 1 amide bonds. The highest BCUT2D eigenvalue weighted by atomic mass is 32.2. The molecule has 7 nitrogen and oxygen atoms in total. The first-order valence-corrected chi connectivity index (χ1v) is 13.8. The molecule has 0 spiro atoms. The summed E-state index contributed by atoms with van der Waals surface area (Å²) in [5.41, 5.74) is 4.64. The number of benzene rings is 5. The summed E-state index contributed by atoms with van der Waals surface area (Å²) in [6, 6.07) is 31.0. The summed E-state index contributed by atoms with van der Waals surface area (Å²) >= 11 is 0. The molecule has 0 aliphatic rings. The molecule has 0 saturated heterocycles. The minimum Gasteiger partial charge on any atom is -0.497 e. The SMILES string of the molecule is COc1ccc(N(CC(=O)N/N=C\c2c3ccccc3cc3ccccc23)S(=O)(=O)c2ccc(C)cc2)cc1. The summed E-state index contributed by atoms with van der Waals surface area (Å²) in [5.74, 6) is -0.00917. The van der Waals surface area contributed by atoms with Crippen LogP contribution in [0, 0.1) is 6.92 Å². The lowest BCUT2D eigenvalue weighted by Crippen LogP contribution is -2.39. The van der Waals surface area contributed by atoms with E-state index in [4.69, 9.17) is 4.74 Å². The molecule has 0 radical (unpaired) electrons. The number of hydrogen-bond donors (Lipinski definition) is 1. The van der Waals surface area contributed by atoms with E-state index in [-0.39, 0.29) is 4.90 Å². The van der Waals surface area contributed by atoms with E-state index < -0.39 is 22.5 Å². The third kappa shape index (κ3) is 5.46. The summed E-state index contributed by atoms with van der Waals surface area (Å²) in [6.45, 7) is 1.42. The van der Waals surface area contributed by atoms with Crippen molar-refractivity contribution in [2.45, 2.75) is 11.8 Å². The number of amides is 1. The van der Waals surface area contributed by atoms with Crippen molar-refractivity contribution in [3.63, 3.8) is 0 Å². The number of hydrazone groups is 1. The van der Waals surface area contributed by atoms with Gasteiger partial charge in [0.05, 0.1) is 23.9 Å². The fourth-order valence-electron chi connectivity index (χ4n) is 4.42. The number of nitrogens with zero attached hydrogens (tertiary/aromatic N) is 2. The van der Waals surface area contributed by atoms with Gasteiger partial charge in [-0.2, -0.15) is 5.10 Å². The lowest BCUT2D eigenvalue weighted by molar-refractivity contribution is -0.119. The summed E-state index contributed by atoms with van der Waals surface area (Å²) in [5, 5.41) is 8.32. The molecule has 0 aliphatic heterocycles. The van der Waals surface area contributed by atoms with Crippen LogP contribution in [0.4, 0.5) is 5.69 Å². The first-order valence-electron chi connectivity index (χ1n) is 12.3. The van der Waals surface area contributed by atoms with Gasteiger partial charge in [0, 0.05) is 5.56 Å². The van der Waals surface area contributed by atoms with Crippen LogP contribution in [0.2, 0.25) is 0 Å². The Bertz CT molecular complexity index is 1730. The van der Waals surface area contributed by atoms with Crippen LogP contribution in [-0.4, -0.2) is 34.2 Å². The van der Waals surface area contributed by atoms with Crippen LogP contribution in [-0.2, 0) is 14.8 Å². The molecule has 39 heavy (non-hydrogen) atoms. The van der Waals surface area contributed by atoms with Crippen molar-refractivity contribution >= 4 is 49.4 Å². The summed E-state index contributed by atoms with van der Waals surface area (Å²) in [4.78, 5) is 13.1. The number of rotatable bonds is 8. The Morgan fingerprint density at radius 3 is 2.05 bits per heavy atom. The highest BCUT2D eigenvalue weighted by Gasteiger charge is 2.27. The lowest BCUT2D eigenvalue weighted by Gasteiger charge is -2.24. The topological polar surface area (TPSA) is 88.1 Å². The first kappa shape index (κ1) is 25.9. The second-order valence-electron chi connectivity index (χ2n) is 9.05. The van der Waals surface area contributed by atoms with E-state index >= 15 is 0 Å². The minimum atomic E-state index is -4.04. The van der Waals surface area contributed by atoms with Crippen LogP contribution in [0.15, 0.2) is 113 Å². The zero-order valence-corrected chi connectivity index (χ0v) is 22.4. The normalized spacial score (nSPS) is 11.6. The number of fused-ring (bicyclic) bond motifs is 2. The Morgan fingerprint density at radius 1 is 0.872 bits per heavy atom. The van der Waals surface area contributed by atoms with Crippen LogP contribution in [0.1, 0.15) is 11.1 Å². The summed E-state index contributed by atoms with van der Waals surface area (Å²) < 4.78 is 33.5. The molecule has 8 heteroatoms. The second kappa shape index (κ2) is 11.0. The maximum absolute atomic E-state index is 13.6. The van der Waals surface area contributed by atoms with E-state index in [0.29, 0.717) is 11.4 Å². The van der Waals surface area contributed by atoms with E-state index in [1.165, 1.54) is 19.2 Å². The lowest BCUT2D eigenvalue weighted by atomic mass is 9.97. The van der Waals surface area contributed by atoms with Crippen molar-refractivity contribution in [3.8, 4) is 5.75 Å². The number of carbonyl (C=O) groups excluding carboxylic acids is 1. The number of sulfonamides is 1. The molecule has 0 heterocycles. The van der Waals surface area contributed by atoms with E-state index in [1.807, 2.05) is 55.5 Å². The predicted molar refractivity (Wildman–Crippen MR) is 156 cm³/mol. The minimum absolute atomic E-state index is 0.0856. The predicted octanol–water partition coefficient (Wildman–Crippen LogP) is 5.66. The van der Waals surface area contributed by atoms with Gasteiger partial charge in [-0.25, -0.2) is 13.8 Å². The van der Waals surface area contributed by atoms with E-state index in [0.717, 1.165) is 37.0 Å². The van der Waals surface area contributed by atoms with Crippen molar-refractivity contribution in [2.24, 2.45) is 5.10 Å². The van der Waals surface area contributed by atoms with Crippen LogP contribution in [0.25, 0.3) is 21.5 Å². The second-order valence-corrected chi connectivity index (χ2v) is 10.9. The molecule has 0 aliphatic carbocycles. The number of hydrogen-bond acceptors (Lipinski definition) is 5. The highest BCUT2D eigenvalue weighted by molar-refractivity contribution is 7.92. The first-order chi connectivity index (χ1) is 18.9. The molecule has 0 fully saturated rings. The number of ether oxygens (including phenoxy) is 1. The molecule has 0 bridgehead atoms. The number of anilines is 1. The van der Waals surface area contributed by atoms with Crippen LogP contribution in [0.3, 0.4) is 0 Å². The Kier molecular flexibility index (Phi) is 7.29. The Morgan fingerprint density at radius 2 is 1.46 bits per heavy atom. The molecule has 5 rings (SSSR count). The molecule has 5 aromatic carbocycles. The van der Waals surface area contributed by atoms with Gasteiger partial charge in [-0.15, -0.1) is 0 Å². The molecule has 196 valence electrons. The average molecular weight is 538 g/mol. The van der Waals surface area contributed by atoms with Crippen LogP contribution < -0.4 is 14.5 Å². The molecule has 5 aromatic rings. The van der Waals surface area contributed by atoms with Gasteiger partial charge in [0.15, 0.2) is 0 Å². The van der Waals surface area contributed by atoms with E-state index in [9.17, 15) is 13.2 Å². The van der Waals surface area contributed by atoms with Gasteiger partial charge in [-0.3, -0.25) is 9.10 Å². The van der Waals surface area contributed by atoms with E-state index in [2.05, 4.69) is 16.6 Å². The van der Waals surface area contributed by atoms with Gasteiger partial charge in [-0.1, -0.05) is 66.2 Å². The molecule has 0 unspecified atom stereocenters. The van der Waals surface area contributed by atoms with E-state index in [1.54, 1.807) is 42.6 Å². The van der Waals surface area contributed by atoms with Crippen molar-refractivity contribution < 1.29 is 17.9 Å². The van der Waals surface area contributed by atoms with Crippen molar-refractivity contribution in [3.05, 3.63) is 114 Å². The average Bonchev–Trinajstić information content (AvgIpc) is 2.96. The monoisotopic (exact) mass is 537 g/mol. The van der Waals surface area contributed by atoms with Crippen molar-refractivity contribution in [1.82, 2.24) is 5.43 Å². The Labute approximate surface area is 227 Å². The van der Waals surface area contributed by atoms with Gasteiger partial charge in [0.1, 0.15) is 12.3 Å². The number of nitrogens with one attached hydrogen (secondary N) is 1. The van der Waals surface area contributed by atoms with Gasteiger partial charge in [0.25, 0.3) is 15.9 Å². The number of carbonyl (C=O) groups is 1. The van der Waals surface area contributed by atoms with Crippen LogP contribution >= 0.6 is 0 Å². The molecule has 1 N–H and O–H groups in total. The zero-order valence-electron chi connectivity index (χ0n) is 21.5.